The van der Waals surface area contributed by atoms with Crippen molar-refractivity contribution in [1.29, 1.82) is 0 Å². The van der Waals surface area contributed by atoms with E-state index < -0.39 is 5.97 Å². The Hall–Kier alpha value is -1.84. The van der Waals surface area contributed by atoms with Gasteiger partial charge in [-0.25, -0.2) is 0 Å². The number of carboxylic acids is 1. The summed E-state index contributed by atoms with van der Waals surface area (Å²) in [6.45, 7) is 1.69. The topological polar surface area (TPSA) is 57.6 Å². The Morgan fingerprint density at radius 3 is 2.28 bits per heavy atom. The fourth-order valence-corrected chi connectivity index (χ4v) is 2.17. The van der Waals surface area contributed by atoms with Crippen LogP contribution in [0.5, 0.6) is 0 Å². The molecular weight excluding hydrogens is 230 g/mol. The molecular formula is C14H17NO3. The molecule has 1 amide bonds. The minimum Gasteiger partial charge on any atom is -0.481 e. The number of likely N-dealkylation sites (tertiary alicyclic amines) is 1. The largest absolute Gasteiger partial charge is 0.481 e. The van der Waals surface area contributed by atoms with Gasteiger partial charge in [-0.1, -0.05) is 12.1 Å². The van der Waals surface area contributed by atoms with E-state index in [1.807, 2.05) is 17.0 Å². The fourth-order valence-electron chi connectivity index (χ4n) is 2.17. The maximum atomic E-state index is 12.1. The summed E-state index contributed by atoms with van der Waals surface area (Å²) in [5, 5.41) is 8.60. The molecule has 96 valence electrons. The van der Waals surface area contributed by atoms with Gasteiger partial charge in [0.1, 0.15) is 0 Å². The molecule has 0 radical (unpaired) electrons. The molecule has 4 nitrogen and oxygen atoms in total. The van der Waals surface area contributed by atoms with Gasteiger partial charge < -0.3 is 10.0 Å². The first-order chi connectivity index (χ1) is 8.66. The zero-order valence-corrected chi connectivity index (χ0v) is 10.3. The molecule has 1 aromatic carbocycles. The highest BCUT2D eigenvalue weighted by molar-refractivity contribution is 5.94. The van der Waals surface area contributed by atoms with Crippen LogP contribution in [0.4, 0.5) is 0 Å². The lowest BCUT2D eigenvalue weighted by Gasteiger charge is -2.15. The lowest BCUT2D eigenvalue weighted by molar-refractivity contribution is -0.136. The molecule has 1 aliphatic heterocycles. The lowest BCUT2D eigenvalue weighted by atomic mass is 10.1. The summed E-state index contributed by atoms with van der Waals surface area (Å²) in [7, 11) is 0. The summed E-state index contributed by atoms with van der Waals surface area (Å²) >= 11 is 0. The molecule has 1 aliphatic rings. The number of amides is 1. The second-order valence-electron chi connectivity index (χ2n) is 4.59. The molecule has 1 heterocycles. The van der Waals surface area contributed by atoms with E-state index in [1.165, 1.54) is 0 Å². The average Bonchev–Trinajstić information content (AvgIpc) is 2.90. The van der Waals surface area contributed by atoms with Gasteiger partial charge in [0.05, 0.1) is 0 Å². The molecule has 18 heavy (non-hydrogen) atoms. The van der Waals surface area contributed by atoms with Crippen LogP contribution in [0.1, 0.15) is 35.2 Å². The normalized spacial score (nSPS) is 14.8. The van der Waals surface area contributed by atoms with Crippen LogP contribution < -0.4 is 0 Å². The molecule has 0 aliphatic carbocycles. The number of nitrogens with zero attached hydrogens (tertiary/aromatic N) is 1. The van der Waals surface area contributed by atoms with Crippen molar-refractivity contribution in [2.45, 2.75) is 25.7 Å². The Balaban J connectivity index is 1.98. The standard InChI is InChI=1S/C14H17NO3/c16-13(17)8-5-11-3-6-12(7-4-11)14(18)15-9-1-2-10-15/h3-4,6-7H,1-2,5,8-10H2,(H,16,17). The monoisotopic (exact) mass is 247 g/mol. The summed E-state index contributed by atoms with van der Waals surface area (Å²) in [5.74, 6) is -0.718. The summed E-state index contributed by atoms with van der Waals surface area (Å²) in [5.41, 5.74) is 1.64. The zero-order chi connectivity index (χ0) is 13.0. The van der Waals surface area contributed by atoms with Crippen LogP contribution in [0.25, 0.3) is 0 Å². The maximum Gasteiger partial charge on any atom is 0.303 e. The third kappa shape index (κ3) is 3.09. The van der Waals surface area contributed by atoms with Crippen molar-refractivity contribution >= 4 is 11.9 Å². The third-order valence-electron chi connectivity index (χ3n) is 3.22. The molecule has 0 bridgehead atoms. The van der Waals surface area contributed by atoms with E-state index >= 15 is 0 Å². The highest BCUT2D eigenvalue weighted by Gasteiger charge is 2.18. The molecule has 2 rings (SSSR count). The second-order valence-corrected chi connectivity index (χ2v) is 4.59. The summed E-state index contributed by atoms with van der Waals surface area (Å²) < 4.78 is 0. The van der Waals surface area contributed by atoms with Crippen molar-refractivity contribution in [2.24, 2.45) is 0 Å². The van der Waals surface area contributed by atoms with Crippen LogP contribution in [0.3, 0.4) is 0 Å². The van der Waals surface area contributed by atoms with Gasteiger partial charge in [0, 0.05) is 25.1 Å². The smallest absolute Gasteiger partial charge is 0.303 e. The number of carbonyl (C=O) groups is 2. The Morgan fingerprint density at radius 2 is 1.72 bits per heavy atom. The minimum atomic E-state index is -0.799. The van der Waals surface area contributed by atoms with Crippen molar-refractivity contribution < 1.29 is 14.7 Å². The van der Waals surface area contributed by atoms with Gasteiger partial charge in [-0.15, -0.1) is 0 Å². The molecule has 1 N–H and O–H groups in total. The molecule has 0 saturated carbocycles. The van der Waals surface area contributed by atoms with E-state index in [0.29, 0.717) is 12.0 Å². The highest BCUT2D eigenvalue weighted by atomic mass is 16.4. The van der Waals surface area contributed by atoms with Gasteiger partial charge in [-0.05, 0) is 37.0 Å². The van der Waals surface area contributed by atoms with Crippen LogP contribution in [0.15, 0.2) is 24.3 Å². The lowest BCUT2D eigenvalue weighted by Crippen LogP contribution is -2.27. The number of rotatable bonds is 4. The van der Waals surface area contributed by atoms with Gasteiger partial charge in [-0.3, -0.25) is 9.59 Å². The molecule has 0 atom stereocenters. The van der Waals surface area contributed by atoms with E-state index in [4.69, 9.17) is 5.11 Å². The minimum absolute atomic E-state index is 0.0808. The zero-order valence-electron chi connectivity index (χ0n) is 10.3. The Morgan fingerprint density at radius 1 is 1.11 bits per heavy atom. The van der Waals surface area contributed by atoms with Crippen molar-refractivity contribution in [3.05, 3.63) is 35.4 Å². The maximum absolute atomic E-state index is 12.1. The second kappa shape index (κ2) is 5.67. The number of carbonyl (C=O) groups excluding carboxylic acids is 1. The first kappa shape index (κ1) is 12.6. The van der Waals surface area contributed by atoms with Gasteiger partial charge >= 0.3 is 5.97 Å². The summed E-state index contributed by atoms with van der Waals surface area (Å²) in [6.07, 6.45) is 2.80. The summed E-state index contributed by atoms with van der Waals surface area (Å²) in [6, 6.07) is 7.26. The number of hydrogen-bond donors (Lipinski definition) is 1. The molecule has 0 unspecified atom stereocenters. The van der Waals surface area contributed by atoms with Crippen LogP contribution in [0, 0.1) is 0 Å². The van der Waals surface area contributed by atoms with Gasteiger partial charge in [0.25, 0.3) is 5.91 Å². The van der Waals surface area contributed by atoms with Crippen molar-refractivity contribution in [1.82, 2.24) is 4.90 Å². The van der Waals surface area contributed by atoms with Crippen molar-refractivity contribution in [3.63, 3.8) is 0 Å². The first-order valence-electron chi connectivity index (χ1n) is 6.27. The number of benzene rings is 1. The predicted octanol–water partition coefficient (Wildman–Crippen LogP) is 1.94. The number of aliphatic carboxylic acids is 1. The highest BCUT2D eigenvalue weighted by Crippen LogP contribution is 2.14. The Kier molecular flexibility index (Phi) is 3.97. The van der Waals surface area contributed by atoms with Crippen molar-refractivity contribution in [2.75, 3.05) is 13.1 Å². The summed E-state index contributed by atoms with van der Waals surface area (Å²) in [4.78, 5) is 24.4. The number of carboxylic acid groups (broad SMARTS) is 1. The van der Waals surface area contributed by atoms with Crippen LogP contribution in [-0.2, 0) is 11.2 Å². The molecule has 1 saturated heterocycles. The molecule has 0 aromatic heterocycles. The van der Waals surface area contributed by atoms with E-state index in [-0.39, 0.29) is 12.3 Å². The quantitative estimate of drug-likeness (QED) is 0.884. The average molecular weight is 247 g/mol. The predicted molar refractivity (Wildman–Crippen MR) is 67.5 cm³/mol. The SMILES string of the molecule is O=C(O)CCc1ccc(C(=O)N2CCCC2)cc1. The third-order valence-corrected chi connectivity index (χ3v) is 3.22. The van der Waals surface area contributed by atoms with E-state index in [1.54, 1.807) is 12.1 Å². The Labute approximate surface area is 106 Å². The van der Waals surface area contributed by atoms with E-state index in [0.717, 1.165) is 31.5 Å². The van der Waals surface area contributed by atoms with Gasteiger partial charge in [0.15, 0.2) is 0 Å². The number of aryl methyl sites for hydroxylation is 1. The molecule has 0 spiro atoms. The van der Waals surface area contributed by atoms with Gasteiger partial charge in [0.2, 0.25) is 0 Å². The molecule has 1 aromatic rings. The van der Waals surface area contributed by atoms with Crippen LogP contribution in [0.2, 0.25) is 0 Å². The van der Waals surface area contributed by atoms with Crippen LogP contribution in [-0.4, -0.2) is 35.0 Å². The molecule has 4 heteroatoms. The fraction of sp³-hybridized carbons (Fsp3) is 0.429. The first-order valence-corrected chi connectivity index (χ1v) is 6.27. The number of hydrogen-bond acceptors (Lipinski definition) is 2. The van der Waals surface area contributed by atoms with E-state index in [9.17, 15) is 9.59 Å². The van der Waals surface area contributed by atoms with Crippen molar-refractivity contribution in [3.8, 4) is 0 Å². The molecule has 1 fully saturated rings. The van der Waals surface area contributed by atoms with Crippen LogP contribution >= 0.6 is 0 Å². The van der Waals surface area contributed by atoms with E-state index in [2.05, 4.69) is 0 Å². The Bertz CT molecular complexity index is 433. The van der Waals surface area contributed by atoms with Gasteiger partial charge in [-0.2, -0.15) is 0 Å².